The van der Waals surface area contributed by atoms with Crippen LogP contribution >= 0.6 is 0 Å². The predicted molar refractivity (Wildman–Crippen MR) is 64.8 cm³/mol. The van der Waals surface area contributed by atoms with Crippen molar-refractivity contribution in [2.45, 2.75) is 26.8 Å². The lowest BCUT2D eigenvalue weighted by molar-refractivity contribution is -0.110. The molecule has 0 saturated heterocycles. The van der Waals surface area contributed by atoms with E-state index in [2.05, 4.69) is 10.5 Å². The van der Waals surface area contributed by atoms with Crippen molar-refractivity contribution in [1.29, 1.82) is 0 Å². The molecule has 4 nitrogen and oxygen atoms in total. The van der Waals surface area contributed by atoms with Crippen molar-refractivity contribution >= 4 is 17.7 Å². The summed E-state index contributed by atoms with van der Waals surface area (Å²) in [7, 11) is 0. The Bertz CT molecular complexity index is 383. The average Bonchev–Trinajstić information content (AvgIpc) is 2.24. The lowest BCUT2D eigenvalue weighted by Gasteiger charge is -2.27. The molecule has 0 aliphatic rings. The number of carbonyl (C=O) groups excluding carboxylic acids is 1. The molecule has 0 spiro atoms. The van der Waals surface area contributed by atoms with Gasteiger partial charge in [-0.1, -0.05) is 32.9 Å². The topological polar surface area (TPSA) is 58.5 Å². The maximum atomic E-state index is 11.0. The lowest BCUT2D eigenvalue weighted by atomic mass is 9.87. The lowest BCUT2D eigenvalue weighted by Crippen LogP contribution is -2.35. The third-order valence-corrected chi connectivity index (χ3v) is 2.38. The highest BCUT2D eigenvalue weighted by molar-refractivity contribution is 5.72. The zero-order valence-electron chi connectivity index (χ0n) is 9.73. The van der Waals surface area contributed by atoms with Crippen molar-refractivity contribution in [3.05, 3.63) is 29.2 Å². The Kier molecular flexibility index (Phi) is 3.77. The van der Waals surface area contributed by atoms with Gasteiger partial charge in [0.25, 0.3) is 0 Å². The number of benzene rings is 1. The van der Waals surface area contributed by atoms with E-state index in [1.807, 2.05) is 20.8 Å². The number of nitrogens with one attached hydrogen (secondary N) is 1. The average molecular weight is 220 g/mol. The monoisotopic (exact) mass is 220 g/mol. The number of carbonyl (C=O) groups is 1. The normalized spacial score (nSPS) is 12.9. The van der Waals surface area contributed by atoms with Gasteiger partial charge in [-0.3, -0.25) is 0 Å². The van der Waals surface area contributed by atoms with Gasteiger partial charge in [-0.15, -0.1) is 4.91 Å². The molecule has 4 heteroatoms. The van der Waals surface area contributed by atoms with Crippen LogP contribution in [-0.2, 0) is 4.79 Å². The summed E-state index contributed by atoms with van der Waals surface area (Å²) in [6.07, 6.45) is 0.849. The largest absolute Gasteiger partial charge is 0.373 e. The molecule has 0 bridgehead atoms. The van der Waals surface area contributed by atoms with Crippen LogP contribution in [-0.4, -0.2) is 12.3 Å². The molecule has 1 aromatic rings. The molecule has 1 rings (SSSR count). The van der Waals surface area contributed by atoms with Gasteiger partial charge in [-0.05, 0) is 22.7 Å². The first kappa shape index (κ1) is 12.4. The number of hydrogen-bond acceptors (Lipinski definition) is 4. The Balaban J connectivity index is 2.94. The number of para-hydroxylation sites is 1. The van der Waals surface area contributed by atoms with Gasteiger partial charge >= 0.3 is 0 Å². The smallest absolute Gasteiger partial charge is 0.142 e. The number of rotatable bonds is 4. The summed E-state index contributed by atoms with van der Waals surface area (Å²) < 4.78 is 0. The number of anilines is 1. The summed E-state index contributed by atoms with van der Waals surface area (Å²) >= 11 is 0. The quantitative estimate of drug-likeness (QED) is 0.626. The summed E-state index contributed by atoms with van der Waals surface area (Å²) in [6.45, 7) is 5.86. The van der Waals surface area contributed by atoms with Gasteiger partial charge < -0.3 is 10.1 Å². The Morgan fingerprint density at radius 2 is 1.94 bits per heavy atom. The SMILES string of the molecule is CC(C)(C)[C@@H](C=O)Nc1ccccc1N=O. The standard InChI is InChI=1S/C12H16N2O2/c1-12(2,3)11(8-15)13-9-6-4-5-7-10(9)14-16/h4-8,11,13H,1-3H3/t11-/m1/s1. The molecule has 0 aliphatic heterocycles. The second-order valence-corrected chi connectivity index (χ2v) is 4.73. The highest BCUT2D eigenvalue weighted by Gasteiger charge is 2.24. The zero-order valence-corrected chi connectivity index (χ0v) is 9.73. The van der Waals surface area contributed by atoms with Crippen LogP contribution in [0.15, 0.2) is 29.4 Å². The molecule has 16 heavy (non-hydrogen) atoms. The molecule has 0 radical (unpaired) electrons. The van der Waals surface area contributed by atoms with Crippen molar-refractivity contribution in [2.75, 3.05) is 5.32 Å². The van der Waals surface area contributed by atoms with Gasteiger partial charge in [0.05, 0.1) is 11.7 Å². The Labute approximate surface area is 95.0 Å². The molecular formula is C12H16N2O2. The van der Waals surface area contributed by atoms with Gasteiger partial charge in [0.1, 0.15) is 12.0 Å². The molecule has 0 saturated carbocycles. The van der Waals surface area contributed by atoms with E-state index in [-0.39, 0.29) is 11.5 Å². The molecule has 1 N–H and O–H groups in total. The van der Waals surface area contributed by atoms with E-state index in [4.69, 9.17) is 0 Å². The van der Waals surface area contributed by atoms with Gasteiger partial charge in [-0.2, -0.15) is 0 Å². The Hall–Kier alpha value is -1.71. The first-order valence-corrected chi connectivity index (χ1v) is 5.13. The second kappa shape index (κ2) is 4.88. The van der Waals surface area contributed by atoms with Crippen molar-refractivity contribution in [3.8, 4) is 0 Å². The van der Waals surface area contributed by atoms with E-state index >= 15 is 0 Å². The van der Waals surface area contributed by atoms with Crippen LogP contribution in [0.2, 0.25) is 0 Å². The predicted octanol–water partition coefficient (Wildman–Crippen LogP) is 3.11. The van der Waals surface area contributed by atoms with Crippen LogP contribution in [0, 0.1) is 10.3 Å². The van der Waals surface area contributed by atoms with Crippen LogP contribution in [0.3, 0.4) is 0 Å². The minimum Gasteiger partial charge on any atom is -0.373 e. The van der Waals surface area contributed by atoms with Gasteiger partial charge in [0, 0.05) is 0 Å². The second-order valence-electron chi connectivity index (χ2n) is 4.73. The molecule has 0 amide bonds. The Morgan fingerprint density at radius 1 is 1.31 bits per heavy atom. The van der Waals surface area contributed by atoms with Crippen molar-refractivity contribution in [1.82, 2.24) is 0 Å². The minimum absolute atomic E-state index is 0.211. The third-order valence-electron chi connectivity index (χ3n) is 2.38. The molecule has 0 aromatic heterocycles. The van der Waals surface area contributed by atoms with Crippen LogP contribution in [0.4, 0.5) is 11.4 Å². The van der Waals surface area contributed by atoms with E-state index in [1.165, 1.54) is 0 Å². The third kappa shape index (κ3) is 2.89. The summed E-state index contributed by atoms with van der Waals surface area (Å²) in [5.74, 6) is 0. The van der Waals surface area contributed by atoms with Gasteiger partial charge in [0.2, 0.25) is 0 Å². The van der Waals surface area contributed by atoms with Gasteiger partial charge in [-0.25, -0.2) is 0 Å². The summed E-state index contributed by atoms with van der Waals surface area (Å²) in [4.78, 5) is 21.6. The highest BCUT2D eigenvalue weighted by Crippen LogP contribution is 2.28. The summed E-state index contributed by atoms with van der Waals surface area (Å²) in [5, 5.41) is 5.94. The molecule has 1 atom stereocenters. The fraction of sp³-hybridized carbons (Fsp3) is 0.417. The van der Waals surface area contributed by atoms with Crippen molar-refractivity contribution in [3.63, 3.8) is 0 Å². The molecule has 86 valence electrons. The van der Waals surface area contributed by atoms with E-state index in [1.54, 1.807) is 24.3 Å². The van der Waals surface area contributed by atoms with Crippen molar-refractivity contribution < 1.29 is 4.79 Å². The first-order chi connectivity index (χ1) is 7.49. The van der Waals surface area contributed by atoms with Crippen LogP contribution < -0.4 is 5.32 Å². The minimum atomic E-state index is -0.351. The number of nitroso groups, excluding NO2 is 1. The number of aldehydes is 1. The van der Waals surface area contributed by atoms with E-state index in [9.17, 15) is 9.70 Å². The van der Waals surface area contributed by atoms with Crippen LogP contribution in [0.5, 0.6) is 0 Å². The number of nitrogens with zero attached hydrogens (tertiary/aromatic N) is 1. The van der Waals surface area contributed by atoms with E-state index in [0.29, 0.717) is 11.4 Å². The maximum absolute atomic E-state index is 11.0. The number of hydrogen-bond donors (Lipinski definition) is 1. The van der Waals surface area contributed by atoms with E-state index in [0.717, 1.165) is 6.29 Å². The molecule has 0 fully saturated rings. The fourth-order valence-corrected chi connectivity index (χ4v) is 1.30. The van der Waals surface area contributed by atoms with Crippen LogP contribution in [0.25, 0.3) is 0 Å². The zero-order chi connectivity index (χ0) is 12.2. The molecule has 1 aromatic carbocycles. The highest BCUT2D eigenvalue weighted by atomic mass is 16.3. The van der Waals surface area contributed by atoms with Crippen molar-refractivity contribution in [2.24, 2.45) is 10.6 Å². The summed E-state index contributed by atoms with van der Waals surface area (Å²) in [5.41, 5.74) is 0.695. The molecule has 0 heterocycles. The summed E-state index contributed by atoms with van der Waals surface area (Å²) in [6, 6.07) is 6.52. The maximum Gasteiger partial charge on any atom is 0.142 e. The van der Waals surface area contributed by atoms with E-state index < -0.39 is 0 Å². The van der Waals surface area contributed by atoms with Gasteiger partial charge in [0.15, 0.2) is 0 Å². The molecule has 0 unspecified atom stereocenters. The molecule has 0 aliphatic carbocycles. The van der Waals surface area contributed by atoms with Crippen LogP contribution in [0.1, 0.15) is 20.8 Å². The first-order valence-electron chi connectivity index (χ1n) is 5.13. The molecular weight excluding hydrogens is 204 g/mol. The fourth-order valence-electron chi connectivity index (χ4n) is 1.30. The Morgan fingerprint density at radius 3 is 2.44 bits per heavy atom.